The lowest BCUT2D eigenvalue weighted by molar-refractivity contribution is 0.126. The fraction of sp³-hybridized carbons (Fsp3) is 0.476. The molecule has 2 fully saturated rings. The van der Waals surface area contributed by atoms with Crippen molar-refractivity contribution < 1.29 is 29.9 Å². The fourth-order valence-electron chi connectivity index (χ4n) is 3.74. The molecule has 1 aliphatic carbocycles. The zero-order valence-electron chi connectivity index (χ0n) is 21.7. The van der Waals surface area contributed by atoms with Crippen molar-refractivity contribution in [1.29, 1.82) is 0 Å². The number of benzene rings is 1. The Bertz CT molecular complexity index is 1330. The zero-order chi connectivity index (χ0) is 26.8. The van der Waals surface area contributed by atoms with Crippen LogP contribution in [0, 0.1) is 17.5 Å². The van der Waals surface area contributed by atoms with E-state index in [1.165, 1.54) is 6.20 Å². The molecule has 0 spiro atoms. The number of halogens is 3. The van der Waals surface area contributed by atoms with Gasteiger partial charge in [-0.2, -0.15) is 4.98 Å². The second-order valence-corrected chi connectivity index (χ2v) is 7.55. The highest BCUT2D eigenvalue weighted by molar-refractivity contribution is 5.76. The second kappa shape index (κ2) is 8.55. The van der Waals surface area contributed by atoms with E-state index in [4.69, 9.17) is 11.6 Å². The van der Waals surface area contributed by atoms with E-state index in [1.54, 1.807) is 4.57 Å². The molecule has 1 aromatic carbocycles. The molecule has 170 valence electrons. The number of hydrogen-bond acceptors (Lipinski definition) is 7. The zero-order valence-corrected chi connectivity index (χ0v) is 16.7. The van der Waals surface area contributed by atoms with E-state index >= 15 is 0 Å². The summed E-state index contributed by atoms with van der Waals surface area (Å²) < 4.78 is 89.4. The van der Waals surface area contributed by atoms with Gasteiger partial charge in [0.15, 0.2) is 17.3 Å². The van der Waals surface area contributed by atoms with Crippen molar-refractivity contribution in [2.75, 3.05) is 23.8 Å². The van der Waals surface area contributed by atoms with Crippen LogP contribution in [0.3, 0.4) is 0 Å². The molecule has 3 unspecified atom stereocenters. The number of anilines is 3. The van der Waals surface area contributed by atoms with Crippen LogP contribution in [0.15, 0.2) is 18.3 Å². The lowest BCUT2D eigenvalue weighted by atomic mass is 9.93. The SMILES string of the molecule is [2H]C1(O)CCC(Nc2ncc3nc(Nc4c(F)cc(F)cc4F)n(C4CCOC4)c3n2)C([2H])([2H])C1([2H])[2H]. The van der Waals surface area contributed by atoms with E-state index in [1.807, 2.05) is 0 Å². The minimum absolute atomic E-state index is 0.00459. The Balaban J connectivity index is 1.53. The van der Waals surface area contributed by atoms with Gasteiger partial charge in [0.1, 0.15) is 17.0 Å². The van der Waals surface area contributed by atoms with E-state index in [2.05, 4.69) is 25.6 Å². The molecule has 1 aliphatic heterocycles. The van der Waals surface area contributed by atoms with Gasteiger partial charge < -0.3 is 20.5 Å². The second-order valence-electron chi connectivity index (χ2n) is 7.55. The number of ether oxygens (including phenoxy) is 1. The molecule has 32 heavy (non-hydrogen) atoms. The van der Waals surface area contributed by atoms with Crippen molar-refractivity contribution in [2.24, 2.45) is 0 Å². The molecule has 1 saturated heterocycles. The molecule has 0 bridgehead atoms. The average Bonchev–Trinajstić information content (AvgIpc) is 3.44. The number of rotatable bonds is 5. The van der Waals surface area contributed by atoms with E-state index < -0.39 is 48.0 Å². The minimum atomic E-state index is -2.89. The molecule has 3 atom stereocenters. The quantitative estimate of drug-likeness (QED) is 0.542. The van der Waals surface area contributed by atoms with Crippen LogP contribution in [0.1, 0.15) is 44.9 Å². The Kier molecular flexibility index (Phi) is 4.22. The molecule has 1 saturated carbocycles. The van der Waals surface area contributed by atoms with Gasteiger partial charge in [-0.1, -0.05) is 0 Å². The van der Waals surface area contributed by atoms with Crippen LogP contribution in [0.2, 0.25) is 0 Å². The Labute approximate surface area is 188 Å². The van der Waals surface area contributed by atoms with Crippen LogP contribution in [0.4, 0.5) is 30.8 Å². The number of imidazole rings is 1. The molecule has 3 N–H and O–H groups in total. The summed E-state index contributed by atoms with van der Waals surface area (Å²) in [6.45, 7) is 0.682. The van der Waals surface area contributed by atoms with Crippen LogP contribution in [-0.4, -0.2) is 50.0 Å². The van der Waals surface area contributed by atoms with E-state index in [0.717, 1.165) is 0 Å². The van der Waals surface area contributed by atoms with Gasteiger partial charge in [-0.05, 0) is 32.0 Å². The van der Waals surface area contributed by atoms with Gasteiger partial charge in [0.25, 0.3) is 0 Å². The number of nitrogens with one attached hydrogen (secondary N) is 2. The van der Waals surface area contributed by atoms with Gasteiger partial charge in [-0.25, -0.2) is 23.1 Å². The van der Waals surface area contributed by atoms with Crippen LogP contribution >= 0.6 is 0 Å². The maximum Gasteiger partial charge on any atom is 0.224 e. The van der Waals surface area contributed by atoms with Crippen molar-refractivity contribution in [3.8, 4) is 0 Å². The maximum atomic E-state index is 14.3. The number of hydrogen-bond donors (Lipinski definition) is 3. The molecule has 5 rings (SSSR count). The molecule has 0 amide bonds. The van der Waals surface area contributed by atoms with Gasteiger partial charge in [0.2, 0.25) is 11.9 Å². The van der Waals surface area contributed by atoms with Gasteiger partial charge in [-0.3, -0.25) is 4.57 Å². The Morgan fingerprint density at radius 3 is 2.72 bits per heavy atom. The topological polar surface area (TPSA) is 97.1 Å². The predicted molar refractivity (Wildman–Crippen MR) is 111 cm³/mol. The lowest BCUT2D eigenvalue weighted by Crippen LogP contribution is -2.29. The summed E-state index contributed by atoms with van der Waals surface area (Å²) in [6.07, 6.45) is -6.68. The molecule has 2 aromatic heterocycles. The normalized spacial score (nSPS) is 31.3. The van der Waals surface area contributed by atoms with Crippen LogP contribution < -0.4 is 10.6 Å². The highest BCUT2D eigenvalue weighted by Crippen LogP contribution is 2.32. The Morgan fingerprint density at radius 1 is 1.16 bits per heavy atom. The fourth-order valence-corrected chi connectivity index (χ4v) is 3.74. The van der Waals surface area contributed by atoms with E-state index in [-0.39, 0.29) is 48.6 Å². The number of aromatic nitrogens is 4. The first-order valence-electron chi connectivity index (χ1n) is 12.5. The van der Waals surface area contributed by atoms with Gasteiger partial charge in [0, 0.05) is 30.3 Å². The summed E-state index contributed by atoms with van der Waals surface area (Å²) in [5, 5.41) is 15.4. The molecule has 2 aliphatic rings. The van der Waals surface area contributed by atoms with Crippen LogP contribution in [0.25, 0.3) is 11.2 Å². The molecular formula is C21H23F3N6O2. The van der Waals surface area contributed by atoms with Crippen molar-refractivity contribution >= 4 is 28.7 Å². The summed E-state index contributed by atoms with van der Waals surface area (Å²) in [4.78, 5) is 12.9. The van der Waals surface area contributed by atoms with Gasteiger partial charge in [-0.15, -0.1) is 0 Å². The predicted octanol–water partition coefficient (Wildman–Crippen LogP) is 3.66. The molecule has 3 heterocycles. The number of nitrogens with zero attached hydrogens (tertiary/aromatic N) is 4. The highest BCUT2D eigenvalue weighted by atomic mass is 19.1. The van der Waals surface area contributed by atoms with Crippen molar-refractivity contribution in [1.82, 2.24) is 19.5 Å². The summed E-state index contributed by atoms with van der Waals surface area (Å²) in [7, 11) is 0. The average molecular weight is 453 g/mol. The first-order chi connectivity index (χ1) is 17.3. The maximum absolute atomic E-state index is 14.3. The van der Waals surface area contributed by atoms with Crippen molar-refractivity contribution in [2.45, 2.75) is 50.2 Å². The van der Waals surface area contributed by atoms with Gasteiger partial charge in [0.05, 0.1) is 26.3 Å². The summed E-state index contributed by atoms with van der Waals surface area (Å²) in [5.41, 5.74) is -0.135. The summed E-state index contributed by atoms with van der Waals surface area (Å²) >= 11 is 0. The molecule has 0 radical (unpaired) electrons. The largest absolute Gasteiger partial charge is 0.393 e. The third-order valence-corrected chi connectivity index (χ3v) is 5.31. The Morgan fingerprint density at radius 2 is 1.97 bits per heavy atom. The number of aliphatic hydroxyl groups is 1. The Hall–Kier alpha value is -2.92. The lowest BCUT2D eigenvalue weighted by Gasteiger charge is -2.26. The van der Waals surface area contributed by atoms with Crippen molar-refractivity contribution in [3.05, 3.63) is 35.8 Å². The van der Waals surface area contributed by atoms with Crippen LogP contribution in [0.5, 0.6) is 0 Å². The third-order valence-electron chi connectivity index (χ3n) is 5.31. The summed E-state index contributed by atoms with van der Waals surface area (Å²) in [6, 6.07) is -0.423. The monoisotopic (exact) mass is 453 g/mol. The van der Waals surface area contributed by atoms with Crippen LogP contribution in [-0.2, 0) is 4.74 Å². The van der Waals surface area contributed by atoms with E-state index in [0.29, 0.717) is 25.2 Å². The standard InChI is InChI=1S/C21H23F3N6O2/c22-11-7-15(23)18(16(24)8-11)28-21-27-17-9-25-20(26-12-1-3-14(31)4-2-12)29-19(17)30(21)13-5-6-32-10-13/h7-9,12-14,31H,1-6,10H2,(H,27,28)(H,25,26,29)/i1D2,3D2,14D. The van der Waals surface area contributed by atoms with Gasteiger partial charge >= 0.3 is 0 Å². The third kappa shape index (κ3) is 4.09. The molecular weight excluding hydrogens is 425 g/mol. The highest BCUT2D eigenvalue weighted by Gasteiger charge is 2.27. The van der Waals surface area contributed by atoms with E-state index in [9.17, 15) is 18.3 Å². The smallest absolute Gasteiger partial charge is 0.224 e. The first-order valence-corrected chi connectivity index (χ1v) is 10.0. The first kappa shape index (κ1) is 15.8. The molecule has 3 aromatic rings. The summed E-state index contributed by atoms with van der Waals surface area (Å²) in [5.74, 6) is -3.45. The van der Waals surface area contributed by atoms with Crippen molar-refractivity contribution in [3.63, 3.8) is 0 Å². The number of fused-ring (bicyclic) bond motifs is 1. The minimum Gasteiger partial charge on any atom is -0.393 e. The molecule has 8 nitrogen and oxygen atoms in total. The molecule has 11 heteroatoms.